The van der Waals surface area contributed by atoms with Gasteiger partial charge in [0.2, 0.25) is 16.9 Å². The minimum Gasteiger partial charge on any atom is -0.378 e. The molecule has 0 fully saturated rings. The fraction of sp³-hybridized carbons (Fsp3) is 0.333. The molecule has 0 bridgehead atoms. The van der Waals surface area contributed by atoms with Crippen molar-refractivity contribution >= 4 is 34.0 Å². The van der Waals surface area contributed by atoms with Gasteiger partial charge in [0.05, 0.1) is 0 Å². The summed E-state index contributed by atoms with van der Waals surface area (Å²) < 4.78 is 0. The highest BCUT2D eigenvalue weighted by Gasteiger charge is 2.23. The van der Waals surface area contributed by atoms with Gasteiger partial charge in [-0.15, -0.1) is 10.2 Å². The summed E-state index contributed by atoms with van der Waals surface area (Å²) in [7, 11) is 3.97. The van der Waals surface area contributed by atoms with E-state index in [4.69, 9.17) is 0 Å². The molecule has 8 heteroatoms. The van der Waals surface area contributed by atoms with E-state index in [1.807, 2.05) is 87.4 Å². The van der Waals surface area contributed by atoms with Crippen LogP contribution in [-0.2, 0) is 16.0 Å². The van der Waals surface area contributed by atoms with Crippen molar-refractivity contribution in [1.29, 1.82) is 0 Å². The molecule has 0 radical (unpaired) electrons. The number of hydrogen-bond donors (Lipinski definition) is 2. The van der Waals surface area contributed by atoms with Crippen molar-refractivity contribution in [1.82, 2.24) is 15.5 Å². The number of aromatic nitrogens is 2. The molecule has 0 saturated carbocycles. The van der Waals surface area contributed by atoms with Crippen LogP contribution < -0.4 is 15.5 Å². The van der Waals surface area contributed by atoms with Crippen LogP contribution in [0.15, 0.2) is 54.6 Å². The van der Waals surface area contributed by atoms with Crippen LogP contribution in [0, 0.1) is 5.92 Å². The zero-order valence-electron chi connectivity index (χ0n) is 18.8. The van der Waals surface area contributed by atoms with E-state index in [1.165, 1.54) is 11.3 Å². The second-order valence-corrected chi connectivity index (χ2v) is 9.23. The number of hydrogen-bond acceptors (Lipinski definition) is 6. The van der Waals surface area contributed by atoms with Crippen molar-refractivity contribution in [3.63, 3.8) is 0 Å². The van der Waals surface area contributed by atoms with E-state index in [-0.39, 0.29) is 17.7 Å². The molecule has 0 spiro atoms. The van der Waals surface area contributed by atoms with Gasteiger partial charge >= 0.3 is 0 Å². The largest absolute Gasteiger partial charge is 0.378 e. The Morgan fingerprint density at radius 2 is 1.69 bits per heavy atom. The summed E-state index contributed by atoms with van der Waals surface area (Å²) in [5.74, 6) is -0.244. The number of carbonyl (C=O) groups excluding carboxylic acids is 2. The standard InChI is InChI=1S/C24H29N5O2S/c1-16(2)14-21(30)25-20(15-17-8-6-5-7-9-17)22(31)26-24-28-27-23(32-24)18-10-12-19(13-11-18)29(3)4/h5-13,16,20H,14-15H2,1-4H3,(H,25,30)(H,26,28,31). The summed E-state index contributed by atoms with van der Waals surface area (Å²) in [6.07, 6.45) is 0.763. The maximum atomic E-state index is 13.0. The van der Waals surface area contributed by atoms with Gasteiger partial charge < -0.3 is 10.2 Å². The first-order chi connectivity index (χ1) is 15.3. The summed E-state index contributed by atoms with van der Waals surface area (Å²) in [5, 5.41) is 15.1. The number of anilines is 2. The Morgan fingerprint density at radius 3 is 2.31 bits per heavy atom. The number of benzene rings is 2. The van der Waals surface area contributed by atoms with Gasteiger partial charge in [-0.2, -0.15) is 0 Å². The number of amides is 2. The second kappa shape index (κ2) is 10.9. The molecule has 1 aromatic heterocycles. The Labute approximate surface area is 192 Å². The monoisotopic (exact) mass is 451 g/mol. The van der Waals surface area contributed by atoms with Crippen molar-refractivity contribution < 1.29 is 9.59 Å². The van der Waals surface area contributed by atoms with Gasteiger partial charge in [-0.1, -0.05) is 55.5 Å². The van der Waals surface area contributed by atoms with Gasteiger partial charge in [-0.05, 0) is 35.7 Å². The summed E-state index contributed by atoms with van der Waals surface area (Å²) >= 11 is 1.30. The van der Waals surface area contributed by atoms with E-state index in [2.05, 4.69) is 20.8 Å². The fourth-order valence-corrected chi connectivity index (χ4v) is 3.92. The molecular weight excluding hydrogens is 422 g/mol. The molecule has 2 N–H and O–H groups in total. The molecule has 3 aromatic rings. The fourth-order valence-electron chi connectivity index (χ4n) is 3.17. The van der Waals surface area contributed by atoms with Gasteiger partial charge in [0.1, 0.15) is 11.0 Å². The lowest BCUT2D eigenvalue weighted by molar-refractivity contribution is -0.127. The quantitative estimate of drug-likeness (QED) is 0.514. The summed E-state index contributed by atoms with van der Waals surface area (Å²) in [4.78, 5) is 27.4. The molecule has 0 saturated heterocycles. The number of nitrogens with zero attached hydrogens (tertiary/aromatic N) is 3. The average Bonchev–Trinajstić information content (AvgIpc) is 3.22. The third kappa shape index (κ3) is 6.62. The average molecular weight is 452 g/mol. The van der Waals surface area contributed by atoms with Crippen LogP contribution in [0.25, 0.3) is 10.6 Å². The lowest BCUT2D eigenvalue weighted by atomic mass is 10.0. The van der Waals surface area contributed by atoms with Crippen molar-refractivity contribution in [2.45, 2.75) is 32.7 Å². The van der Waals surface area contributed by atoms with E-state index in [0.717, 1.165) is 16.8 Å². The smallest absolute Gasteiger partial charge is 0.249 e. The molecule has 0 aliphatic carbocycles. The van der Waals surface area contributed by atoms with E-state index >= 15 is 0 Å². The highest BCUT2D eigenvalue weighted by Crippen LogP contribution is 2.28. The highest BCUT2D eigenvalue weighted by molar-refractivity contribution is 7.18. The van der Waals surface area contributed by atoms with Crippen LogP contribution in [-0.4, -0.2) is 42.1 Å². The third-order valence-corrected chi connectivity index (χ3v) is 5.70. The van der Waals surface area contributed by atoms with Crippen LogP contribution in [0.3, 0.4) is 0 Å². The molecule has 0 aliphatic rings. The lowest BCUT2D eigenvalue weighted by Crippen LogP contribution is -2.45. The van der Waals surface area contributed by atoms with Crippen molar-refractivity contribution in [3.05, 3.63) is 60.2 Å². The molecule has 7 nitrogen and oxygen atoms in total. The van der Waals surface area contributed by atoms with Crippen molar-refractivity contribution in [2.75, 3.05) is 24.3 Å². The zero-order chi connectivity index (χ0) is 23.1. The maximum Gasteiger partial charge on any atom is 0.249 e. The number of rotatable bonds is 9. The Bertz CT molecular complexity index is 1030. The van der Waals surface area contributed by atoms with Gasteiger partial charge in [0.15, 0.2) is 0 Å². The minimum absolute atomic E-state index is 0.144. The first-order valence-corrected chi connectivity index (χ1v) is 11.4. The van der Waals surface area contributed by atoms with Crippen molar-refractivity contribution in [2.24, 2.45) is 5.92 Å². The van der Waals surface area contributed by atoms with Gasteiger partial charge in [-0.3, -0.25) is 14.9 Å². The molecule has 2 amide bonds. The van der Waals surface area contributed by atoms with Crippen LogP contribution >= 0.6 is 11.3 Å². The van der Waals surface area contributed by atoms with Gasteiger partial charge in [-0.25, -0.2) is 0 Å². The molecule has 168 valence electrons. The molecular formula is C24H29N5O2S. The Balaban J connectivity index is 1.71. The lowest BCUT2D eigenvalue weighted by Gasteiger charge is -2.18. The summed E-state index contributed by atoms with van der Waals surface area (Å²) in [6.45, 7) is 3.94. The molecule has 1 heterocycles. The van der Waals surface area contributed by atoms with E-state index < -0.39 is 6.04 Å². The molecule has 1 unspecified atom stereocenters. The summed E-state index contributed by atoms with van der Waals surface area (Å²) in [6, 6.07) is 16.9. The van der Waals surface area contributed by atoms with Crippen LogP contribution in [0.1, 0.15) is 25.8 Å². The van der Waals surface area contributed by atoms with E-state index in [9.17, 15) is 9.59 Å². The summed E-state index contributed by atoms with van der Waals surface area (Å²) in [5.41, 5.74) is 2.99. The normalized spacial score (nSPS) is 11.8. The molecule has 0 aliphatic heterocycles. The van der Waals surface area contributed by atoms with E-state index in [1.54, 1.807) is 0 Å². The number of carbonyl (C=O) groups is 2. The van der Waals surface area contributed by atoms with Crippen LogP contribution in [0.5, 0.6) is 0 Å². The Kier molecular flexibility index (Phi) is 7.94. The topological polar surface area (TPSA) is 87.2 Å². The predicted octanol–water partition coefficient (Wildman–Crippen LogP) is 3.98. The van der Waals surface area contributed by atoms with E-state index in [0.29, 0.717) is 23.0 Å². The van der Waals surface area contributed by atoms with Crippen LogP contribution in [0.4, 0.5) is 10.8 Å². The SMILES string of the molecule is CC(C)CC(=O)NC(Cc1ccccc1)C(=O)Nc1nnc(-c2ccc(N(C)C)cc2)s1. The van der Waals surface area contributed by atoms with Crippen molar-refractivity contribution in [3.8, 4) is 10.6 Å². The van der Waals surface area contributed by atoms with Gasteiger partial charge in [0.25, 0.3) is 0 Å². The molecule has 3 rings (SSSR count). The molecule has 1 atom stereocenters. The molecule has 32 heavy (non-hydrogen) atoms. The maximum absolute atomic E-state index is 13.0. The van der Waals surface area contributed by atoms with Gasteiger partial charge in [0, 0.05) is 38.2 Å². The third-order valence-electron chi connectivity index (χ3n) is 4.81. The zero-order valence-corrected chi connectivity index (χ0v) is 19.6. The predicted molar refractivity (Wildman–Crippen MR) is 130 cm³/mol. The Morgan fingerprint density at radius 1 is 1.00 bits per heavy atom. The highest BCUT2D eigenvalue weighted by atomic mass is 32.1. The molecule has 2 aromatic carbocycles. The number of nitrogens with one attached hydrogen (secondary N) is 2. The first kappa shape index (κ1) is 23.4. The first-order valence-electron chi connectivity index (χ1n) is 10.6. The Hall–Kier alpha value is -3.26. The second-order valence-electron chi connectivity index (χ2n) is 8.25. The minimum atomic E-state index is -0.699. The van der Waals surface area contributed by atoms with Crippen LogP contribution in [0.2, 0.25) is 0 Å².